The number of rotatable bonds is 12. The Bertz CT molecular complexity index is 1090. The number of esters is 1. The molecular formula is C25H34GdN6O11+. The van der Waals surface area contributed by atoms with Gasteiger partial charge in [0.15, 0.2) is 0 Å². The molecule has 1 N–H and O–H groups in total. The van der Waals surface area contributed by atoms with Gasteiger partial charge in [0, 0.05) is 84.6 Å². The monoisotopic (exact) mass is 752 g/mol. The van der Waals surface area contributed by atoms with Crippen molar-refractivity contribution in [2.75, 3.05) is 92.1 Å². The Balaban J connectivity index is 0.00000924. The number of carbonyl (C=O) groups excluding carboxylic acids is 4. The first-order valence-electron chi connectivity index (χ1n) is 13.0. The molecule has 1 aromatic carbocycles. The Kier molecular flexibility index (Phi) is 17.2. The quantitative estimate of drug-likeness (QED) is 0.0926. The van der Waals surface area contributed by atoms with Crippen molar-refractivity contribution in [3.63, 3.8) is 0 Å². The number of carboxylic acid groups (broad SMARTS) is 3. The summed E-state index contributed by atoms with van der Waals surface area (Å²) in [5, 5.41) is 42.6. The van der Waals surface area contributed by atoms with E-state index in [0.717, 1.165) is 4.90 Å². The van der Waals surface area contributed by atoms with Crippen LogP contribution in [0.3, 0.4) is 0 Å². The van der Waals surface area contributed by atoms with Crippen LogP contribution in [0, 0.1) is 50.1 Å². The van der Waals surface area contributed by atoms with E-state index in [-0.39, 0.29) is 117 Å². The molecule has 237 valence electrons. The van der Waals surface area contributed by atoms with Gasteiger partial charge in [0.25, 0.3) is 5.69 Å². The van der Waals surface area contributed by atoms with E-state index in [1.54, 1.807) is 19.6 Å². The van der Waals surface area contributed by atoms with Crippen molar-refractivity contribution >= 4 is 35.5 Å². The number of hydrogen-bond acceptors (Lipinski definition) is 14. The van der Waals surface area contributed by atoms with Crippen LogP contribution >= 0.6 is 0 Å². The number of aliphatic carboxylic acids is 3. The molecule has 0 atom stereocenters. The van der Waals surface area contributed by atoms with E-state index in [2.05, 4.69) is 0 Å². The molecule has 0 aliphatic carbocycles. The Hall–Kier alpha value is -2.87. The number of benzene rings is 1. The molecule has 2 rings (SSSR count). The number of ether oxygens (including phenoxy) is 1. The minimum Gasteiger partial charge on any atom is -0.549 e. The number of carbonyl (C=O) groups is 5. The third-order valence-electron chi connectivity index (χ3n) is 6.42. The number of nitro benzene ring substituents is 1. The fourth-order valence-electron chi connectivity index (χ4n) is 4.16. The fraction of sp³-hybridized carbons (Fsp3) is 0.560. The van der Waals surface area contributed by atoms with E-state index in [1.807, 2.05) is 0 Å². The van der Waals surface area contributed by atoms with E-state index in [1.165, 1.54) is 31.3 Å². The maximum Gasteiger partial charge on any atom is 3.00 e. The van der Waals surface area contributed by atoms with Crippen LogP contribution in [0.15, 0.2) is 24.3 Å². The van der Waals surface area contributed by atoms with E-state index >= 15 is 0 Å². The summed E-state index contributed by atoms with van der Waals surface area (Å²) in [6.45, 7) is -0.131. The number of hydrogen-bond donors (Lipinski definition) is 1. The van der Waals surface area contributed by atoms with E-state index in [4.69, 9.17) is 4.74 Å². The zero-order valence-electron chi connectivity index (χ0n) is 23.6. The van der Waals surface area contributed by atoms with Crippen LogP contribution in [0.25, 0.3) is 0 Å². The molecule has 1 aliphatic rings. The predicted molar refractivity (Wildman–Crippen MR) is 140 cm³/mol. The molecule has 17 nitrogen and oxygen atoms in total. The molecule has 0 bridgehead atoms. The molecule has 1 aromatic rings. The molecule has 0 spiro atoms. The predicted octanol–water partition coefficient (Wildman–Crippen LogP) is -4.24. The second-order valence-corrected chi connectivity index (χ2v) is 9.72. The fourth-order valence-corrected chi connectivity index (χ4v) is 4.16. The molecule has 0 saturated carbocycles. The number of nitro groups is 1. The van der Waals surface area contributed by atoms with Crippen molar-refractivity contribution in [3.05, 3.63) is 34.4 Å². The van der Waals surface area contributed by atoms with Crippen molar-refractivity contribution in [2.24, 2.45) is 0 Å². The normalized spacial score (nSPS) is 16.1. The largest absolute Gasteiger partial charge is 3.00 e. The van der Waals surface area contributed by atoms with Gasteiger partial charge in [-0.15, -0.1) is 0 Å². The van der Waals surface area contributed by atoms with E-state index in [9.17, 15) is 49.4 Å². The first-order chi connectivity index (χ1) is 19.8. The van der Waals surface area contributed by atoms with Gasteiger partial charge >= 0.3 is 51.9 Å². The van der Waals surface area contributed by atoms with Crippen LogP contribution in [0.2, 0.25) is 0 Å². The van der Waals surface area contributed by atoms with Gasteiger partial charge in [-0.1, -0.05) is 0 Å². The first kappa shape index (κ1) is 38.2. The Morgan fingerprint density at radius 2 is 1.19 bits per heavy atom. The minimum absolute atomic E-state index is 0. The van der Waals surface area contributed by atoms with Crippen molar-refractivity contribution in [2.45, 2.75) is 0 Å². The molecule has 1 radical (unpaired) electrons. The summed E-state index contributed by atoms with van der Waals surface area (Å²) >= 11 is 0. The van der Waals surface area contributed by atoms with E-state index < -0.39 is 54.3 Å². The number of non-ortho nitro benzene ring substituents is 1. The topological polar surface area (TPSA) is 220 Å². The van der Waals surface area contributed by atoms with Crippen LogP contribution in [0.5, 0.6) is 5.75 Å². The summed E-state index contributed by atoms with van der Waals surface area (Å²) in [6.07, 6.45) is 0. The van der Waals surface area contributed by atoms with Crippen molar-refractivity contribution in [1.29, 1.82) is 0 Å². The van der Waals surface area contributed by atoms with Gasteiger partial charge in [0.1, 0.15) is 12.3 Å². The molecule has 1 heterocycles. The van der Waals surface area contributed by atoms with Crippen molar-refractivity contribution in [1.82, 2.24) is 24.5 Å². The molecule has 43 heavy (non-hydrogen) atoms. The summed E-state index contributed by atoms with van der Waals surface area (Å²) in [5.41, 5.74) is -0.178. The zero-order valence-corrected chi connectivity index (χ0v) is 25.8. The van der Waals surface area contributed by atoms with Crippen LogP contribution in [-0.2, 0) is 24.0 Å². The maximum absolute atomic E-state index is 13.0. The average molecular weight is 752 g/mol. The van der Waals surface area contributed by atoms with Gasteiger partial charge < -0.3 is 34.5 Å². The molecule has 1 saturated heterocycles. The SMILES string of the molecule is CN(CC(=O)Oc1ccc([N+](=O)[O-])cc1)C(=O)CN1CCN(CC(=O)[O-])CCN(CC(=O)[O-])CCN(CC(=O)O)CC1.[Gd+3]. The number of likely N-dealkylation sites (N-methyl/N-ethyl adjacent to an activating group) is 1. The third-order valence-corrected chi connectivity index (χ3v) is 6.42. The zero-order chi connectivity index (χ0) is 31.2. The summed E-state index contributed by atoms with van der Waals surface area (Å²) in [6, 6.07) is 4.86. The molecular weight excluding hydrogens is 718 g/mol. The van der Waals surface area contributed by atoms with E-state index in [0.29, 0.717) is 0 Å². The van der Waals surface area contributed by atoms with Crippen LogP contribution in [0.1, 0.15) is 0 Å². The van der Waals surface area contributed by atoms with Crippen LogP contribution in [-0.4, -0.2) is 156 Å². The number of nitrogens with zero attached hydrogens (tertiary/aromatic N) is 6. The van der Waals surface area contributed by atoms with Crippen molar-refractivity contribution < 1.29 is 88.9 Å². The number of amides is 1. The van der Waals surface area contributed by atoms with Gasteiger partial charge in [-0.3, -0.25) is 39.3 Å². The van der Waals surface area contributed by atoms with Gasteiger partial charge in [0.05, 0.1) is 30.0 Å². The Labute approximate surface area is 279 Å². The van der Waals surface area contributed by atoms with Crippen LogP contribution in [0.4, 0.5) is 5.69 Å². The average Bonchev–Trinajstić information content (AvgIpc) is 2.89. The van der Waals surface area contributed by atoms with Gasteiger partial charge in [-0.25, -0.2) is 4.79 Å². The third kappa shape index (κ3) is 15.4. The number of carboxylic acids is 3. The summed E-state index contributed by atoms with van der Waals surface area (Å²) in [7, 11) is 1.39. The first-order valence-corrected chi connectivity index (χ1v) is 13.0. The van der Waals surface area contributed by atoms with Gasteiger partial charge in [-0.2, -0.15) is 0 Å². The second kappa shape index (κ2) is 19.4. The maximum atomic E-state index is 13.0. The Morgan fingerprint density at radius 3 is 1.56 bits per heavy atom. The van der Waals surface area contributed by atoms with Gasteiger partial charge in [0.2, 0.25) is 5.91 Å². The molecule has 1 aliphatic heterocycles. The summed E-state index contributed by atoms with van der Waals surface area (Å²) in [5.74, 6) is -4.89. The van der Waals surface area contributed by atoms with Gasteiger partial charge in [-0.05, 0) is 12.1 Å². The molecule has 18 heteroatoms. The molecule has 0 aromatic heterocycles. The second-order valence-electron chi connectivity index (χ2n) is 9.72. The molecule has 1 fully saturated rings. The summed E-state index contributed by atoms with van der Waals surface area (Å²) < 4.78 is 5.14. The van der Waals surface area contributed by atoms with Crippen molar-refractivity contribution in [3.8, 4) is 5.75 Å². The van der Waals surface area contributed by atoms with Crippen LogP contribution < -0.4 is 14.9 Å². The molecule has 1 amide bonds. The smallest absolute Gasteiger partial charge is 0.549 e. The Morgan fingerprint density at radius 1 is 0.791 bits per heavy atom. The molecule has 0 unspecified atom stereocenters. The minimum atomic E-state index is -1.32. The summed E-state index contributed by atoms with van der Waals surface area (Å²) in [4.78, 5) is 76.9. The standard InChI is InChI=1S/C25H36N6O11.Gd/c1-26(18-25(39)42-20-4-2-19(3-5-20)31(40)41)21(32)14-27-6-8-28(15-22(33)34)10-12-30(17-24(37)38)13-11-29(9-7-27)16-23(35)36;/h2-5H,6-18H2,1H3,(H,33,34)(H,35,36)(H,37,38);/q;+3/p-2.